The zero-order valence-electron chi connectivity index (χ0n) is 15.2. The first-order chi connectivity index (χ1) is 12.6. The molecule has 0 unspecified atom stereocenters. The van der Waals surface area contributed by atoms with Gasteiger partial charge in [-0.25, -0.2) is 0 Å². The minimum absolute atomic E-state index is 0.0335. The van der Waals surface area contributed by atoms with Crippen LogP contribution < -0.4 is 15.4 Å². The van der Waals surface area contributed by atoms with Crippen LogP contribution in [0.15, 0.2) is 46.9 Å². The summed E-state index contributed by atoms with van der Waals surface area (Å²) in [5, 5.41) is 6.48. The lowest BCUT2D eigenvalue weighted by atomic mass is 9.88. The van der Waals surface area contributed by atoms with Gasteiger partial charge in [-0.1, -0.05) is 30.3 Å². The fourth-order valence-corrected chi connectivity index (χ4v) is 4.02. The van der Waals surface area contributed by atoms with Crippen molar-refractivity contribution in [2.24, 2.45) is 0 Å². The van der Waals surface area contributed by atoms with Gasteiger partial charge in [0.1, 0.15) is 5.75 Å². The fraction of sp³-hybridized carbons (Fsp3) is 0.381. The largest absolute Gasteiger partial charge is 0.496 e. The summed E-state index contributed by atoms with van der Waals surface area (Å²) in [5.74, 6) is 0.834. The second-order valence-corrected chi connectivity index (χ2v) is 7.56. The van der Waals surface area contributed by atoms with Gasteiger partial charge in [0.15, 0.2) is 0 Å². The van der Waals surface area contributed by atoms with Crippen molar-refractivity contribution in [3.8, 4) is 5.75 Å². The third-order valence-corrected chi connectivity index (χ3v) is 5.57. The molecule has 1 amide bonds. The highest BCUT2D eigenvalue weighted by molar-refractivity contribution is 9.10. The summed E-state index contributed by atoms with van der Waals surface area (Å²) in [5.41, 5.74) is 3.72. The van der Waals surface area contributed by atoms with E-state index in [1.165, 1.54) is 11.1 Å². The molecule has 2 atom stereocenters. The summed E-state index contributed by atoms with van der Waals surface area (Å²) < 4.78 is 6.17. The van der Waals surface area contributed by atoms with Gasteiger partial charge in [0.2, 0.25) is 5.91 Å². The van der Waals surface area contributed by atoms with E-state index in [4.69, 9.17) is 4.74 Å². The van der Waals surface area contributed by atoms with Gasteiger partial charge < -0.3 is 15.4 Å². The van der Waals surface area contributed by atoms with Gasteiger partial charge >= 0.3 is 0 Å². The second-order valence-electron chi connectivity index (χ2n) is 6.71. The molecule has 0 aliphatic heterocycles. The molecule has 0 aromatic heterocycles. The number of aryl methyl sites for hydroxylation is 1. The third kappa shape index (κ3) is 4.46. The highest BCUT2D eigenvalue weighted by Crippen LogP contribution is 2.30. The van der Waals surface area contributed by atoms with Crippen LogP contribution in [-0.2, 0) is 11.2 Å². The molecule has 4 nitrogen and oxygen atoms in total. The molecule has 0 bridgehead atoms. The van der Waals surface area contributed by atoms with Crippen LogP contribution in [0.5, 0.6) is 5.75 Å². The lowest BCUT2D eigenvalue weighted by Crippen LogP contribution is -2.38. The molecule has 138 valence electrons. The summed E-state index contributed by atoms with van der Waals surface area (Å²) in [7, 11) is 1.65. The van der Waals surface area contributed by atoms with Gasteiger partial charge in [-0.05, 0) is 70.9 Å². The van der Waals surface area contributed by atoms with Crippen LogP contribution in [-0.4, -0.2) is 19.6 Å². The first-order valence-corrected chi connectivity index (χ1v) is 9.81. The number of fused-ring (bicyclic) bond motifs is 1. The van der Waals surface area contributed by atoms with Crippen molar-refractivity contribution in [1.29, 1.82) is 0 Å². The Hall–Kier alpha value is -1.85. The lowest BCUT2D eigenvalue weighted by molar-refractivity contribution is -0.121. The molecule has 2 N–H and O–H groups in total. The molecular weight excluding hydrogens is 392 g/mol. The van der Waals surface area contributed by atoms with E-state index < -0.39 is 0 Å². The van der Waals surface area contributed by atoms with Gasteiger partial charge in [0.05, 0.1) is 24.2 Å². The first-order valence-electron chi connectivity index (χ1n) is 9.02. The van der Waals surface area contributed by atoms with Crippen molar-refractivity contribution in [1.82, 2.24) is 10.6 Å². The van der Waals surface area contributed by atoms with E-state index in [9.17, 15) is 4.79 Å². The van der Waals surface area contributed by atoms with Crippen LogP contribution in [0.1, 0.15) is 48.5 Å². The molecule has 0 radical (unpaired) electrons. The van der Waals surface area contributed by atoms with Gasteiger partial charge in [-0.2, -0.15) is 0 Å². The maximum atomic E-state index is 12.4. The zero-order chi connectivity index (χ0) is 18.5. The molecule has 2 aromatic rings. The fourth-order valence-electron chi connectivity index (χ4n) is 3.46. The molecule has 5 heteroatoms. The van der Waals surface area contributed by atoms with Gasteiger partial charge in [-0.3, -0.25) is 4.79 Å². The Kier molecular flexibility index (Phi) is 6.33. The smallest absolute Gasteiger partial charge is 0.234 e. The normalized spacial score (nSPS) is 17.3. The number of ether oxygens (including phenoxy) is 1. The number of carbonyl (C=O) groups is 1. The van der Waals surface area contributed by atoms with Crippen molar-refractivity contribution in [2.75, 3.05) is 13.7 Å². The van der Waals surface area contributed by atoms with Gasteiger partial charge in [-0.15, -0.1) is 0 Å². The Morgan fingerprint density at radius 2 is 2.12 bits per heavy atom. The number of hydrogen-bond acceptors (Lipinski definition) is 3. The van der Waals surface area contributed by atoms with Crippen molar-refractivity contribution in [2.45, 2.75) is 38.3 Å². The topological polar surface area (TPSA) is 50.4 Å². The standard InChI is InChI=1S/C21H25BrN2O2/c1-14(16-10-11-20(26-2)18(22)12-16)23-13-21(25)24-19-9-5-7-15-6-3-4-8-17(15)19/h3-4,6,8,10-12,14,19,23H,5,7,9,13H2,1-2H3,(H,24,25)/t14-,19-/m1/s1. The number of halogens is 1. The van der Waals surface area contributed by atoms with Crippen LogP contribution in [0.3, 0.4) is 0 Å². The predicted octanol–water partition coefficient (Wildman–Crippen LogP) is 4.30. The molecule has 2 aromatic carbocycles. The Labute approximate surface area is 163 Å². The van der Waals surface area contributed by atoms with E-state index in [0.29, 0.717) is 6.54 Å². The Balaban J connectivity index is 1.55. The molecule has 1 aliphatic carbocycles. The van der Waals surface area contributed by atoms with Crippen molar-refractivity contribution >= 4 is 21.8 Å². The van der Waals surface area contributed by atoms with Crippen LogP contribution in [0.2, 0.25) is 0 Å². The van der Waals surface area contributed by atoms with Crippen LogP contribution in [0.25, 0.3) is 0 Å². The maximum absolute atomic E-state index is 12.4. The number of nitrogens with one attached hydrogen (secondary N) is 2. The van der Waals surface area contributed by atoms with Gasteiger partial charge in [0.25, 0.3) is 0 Å². The number of hydrogen-bond donors (Lipinski definition) is 2. The van der Waals surface area contributed by atoms with E-state index in [2.05, 4.69) is 51.7 Å². The summed E-state index contributed by atoms with van der Waals surface area (Å²) in [6, 6.07) is 14.6. The summed E-state index contributed by atoms with van der Waals surface area (Å²) in [6.07, 6.45) is 3.22. The van der Waals surface area contributed by atoms with Crippen LogP contribution >= 0.6 is 15.9 Å². The average Bonchev–Trinajstić information content (AvgIpc) is 2.66. The first kappa shape index (κ1) is 18.9. The number of rotatable bonds is 6. The highest BCUT2D eigenvalue weighted by atomic mass is 79.9. The molecule has 1 aliphatic rings. The van der Waals surface area contributed by atoms with E-state index in [0.717, 1.165) is 35.0 Å². The SMILES string of the molecule is COc1ccc([C@@H](C)NCC(=O)N[C@@H]2CCCc3ccccc32)cc1Br. The summed E-state index contributed by atoms with van der Waals surface area (Å²) in [6.45, 7) is 2.35. The molecule has 0 spiro atoms. The summed E-state index contributed by atoms with van der Waals surface area (Å²) in [4.78, 5) is 12.4. The van der Waals surface area contributed by atoms with E-state index in [1.807, 2.05) is 24.3 Å². The molecule has 0 saturated heterocycles. The second kappa shape index (κ2) is 8.69. The van der Waals surface area contributed by atoms with E-state index >= 15 is 0 Å². The van der Waals surface area contributed by atoms with Crippen LogP contribution in [0.4, 0.5) is 0 Å². The number of methoxy groups -OCH3 is 1. The summed E-state index contributed by atoms with van der Waals surface area (Å²) >= 11 is 3.50. The average molecular weight is 417 g/mol. The number of carbonyl (C=O) groups excluding carboxylic acids is 1. The monoisotopic (exact) mass is 416 g/mol. The molecule has 0 heterocycles. The molecule has 0 fully saturated rings. The quantitative estimate of drug-likeness (QED) is 0.737. The Morgan fingerprint density at radius 1 is 1.31 bits per heavy atom. The molecule has 26 heavy (non-hydrogen) atoms. The highest BCUT2D eigenvalue weighted by Gasteiger charge is 2.21. The lowest BCUT2D eigenvalue weighted by Gasteiger charge is -2.26. The van der Waals surface area contributed by atoms with Gasteiger partial charge in [0, 0.05) is 6.04 Å². The number of amides is 1. The van der Waals surface area contributed by atoms with Crippen LogP contribution in [0, 0.1) is 0 Å². The minimum Gasteiger partial charge on any atom is -0.496 e. The van der Waals surface area contributed by atoms with Crippen molar-refractivity contribution in [3.05, 3.63) is 63.6 Å². The van der Waals surface area contributed by atoms with E-state index in [-0.39, 0.29) is 18.0 Å². The molecular formula is C21H25BrN2O2. The number of benzene rings is 2. The minimum atomic E-state index is 0.0335. The third-order valence-electron chi connectivity index (χ3n) is 4.95. The maximum Gasteiger partial charge on any atom is 0.234 e. The predicted molar refractivity (Wildman–Crippen MR) is 107 cm³/mol. The zero-order valence-corrected chi connectivity index (χ0v) is 16.8. The molecule has 0 saturated carbocycles. The van der Waals surface area contributed by atoms with E-state index in [1.54, 1.807) is 7.11 Å². The Morgan fingerprint density at radius 3 is 2.88 bits per heavy atom. The van der Waals surface area contributed by atoms with Crippen molar-refractivity contribution < 1.29 is 9.53 Å². The Bertz CT molecular complexity index is 778. The molecule has 3 rings (SSSR count). The van der Waals surface area contributed by atoms with Crippen molar-refractivity contribution in [3.63, 3.8) is 0 Å².